The molecule has 2 atom stereocenters. The third-order valence-electron chi connectivity index (χ3n) is 5.04. The molecule has 0 fully saturated rings. The van der Waals surface area contributed by atoms with Gasteiger partial charge in [-0.25, -0.2) is 0 Å². The summed E-state index contributed by atoms with van der Waals surface area (Å²) in [6.45, 7) is -0.0597. The molecule has 144 valence electrons. The summed E-state index contributed by atoms with van der Waals surface area (Å²) in [7, 11) is 0. The number of anilines is 1. The summed E-state index contributed by atoms with van der Waals surface area (Å²) >= 11 is 0. The van der Waals surface area contributed by atoms with Crippen molar-refractivity contribution in [2.24, 2.45) is 0 Å². The summed E-state index contributed by atoms with van der Waals surface area (Å²) < 4.78 is 0. The number of para-hydroxylation sites is 1. The van der Waals surface area contributed by atoms with Crippen LogP contribution in [0.2, 0.25) is 0 Å². The Morgan fingerprint density at radius 3 is 2.64 bits per heavy atom. The van der Waals surface area contributed by atoms with Gasteiger partial charge in [-0.3, -0.25) is 19.8 Å². The molecule has 1 heterocycles. The Morgan fingerprint density at radius 2 is 1.93 bits per heavy atom. The molecular weight excluding hydrogens is 354 g/mol. The number of hydrogen-bond acceptors (Lipinski definition) is 4. The van der Waals surface area contributed by atoms with Gasteiger partial charge in [0.15, 0.2) is 0 Å². The van der Waals surface area contributed by atoms with Crippen LogP contribution < -0.4 is 10.2 Å². The Hall–Kier alpha value is -3.17. The fourth-order valence-corrected chi connectivity index (χ4v) is 3.58. The molecule has 0 bridgehead atoms. The second-order valence-electron chi connectivity index (χ2n) is 6.88. The number of nitriles is 1. The first-order chi connectivity index (χ1) is 13.6. The van der Waals surface area contributed by atoms with Crippen LogP contribution in [-0.4, -0.2) is 35.6 Å². The molecular formula is C22H23N3O3. The maximum absolute atomic E-state index is 13.0. The number of aryl methyl sites for hydroxylation is 2. The second-order valence-corrected chi connectivity index (χ2v) is 6.88. The van der Waals surface area contributed by atoms with Gasteiger partial charge >= 0.3 is 5.97 Å². The predicted molar refractivity (Wildman–Crippen MR) is 106 cm³/mol. The van der Waals surface area contributed by atoms with Gasteiger partial charge in [-0.15, -0.1) is 0 Å². The number of benzene rings is 2. The van der Waals surface area contributed by atoms with Crippen LogP contribution in [0.5, 0.6) is 0 Å². The van der Waals surface area contributed by atoms with E-state index in [-0.39, 0.29) is 12.5 Å². The lowest BCUT2D eigenvalue weighted by molar-refractivity contribution is -0.140. The number of rotatable bonds is 7. The monoisotopic (exact) mass is 377 g/mol. The first-order valence-corrected chi connectivity index (χ1v) is 9.39. The van der Waals surface area contributed by atoms with Crippen molar-refractivity contribution in [1.82, 2.24) is 5.32 Å². The van der Waals surface area contributed by atoms with E-state index in [1.807, 2.05) is 60.7 Å². The van der Waals surface area contributed by atoms with E-state index < -0.39 is 18.1 Å². The molecule has 28 heavy (non-hydrogen) atoms. The zero-order chi connectivity index (χ0) is 19.9. The minimum absolute atomic E-state index is 0.0597. The van der Waals surface area contributed by atoms with Crippen LogP contribution in [0.3, 0.4) is 0 Å². The molecule has 2 unspecified atom stereocenters. The molecule has 0 aromatic heterocycles. The highest BCUT2D eigenvalue weighted by molar-refractivity contribution is 5.99. The van der Waals surface area contributed by atoms with Crippen LogP contribution in [0.1, 0.15) is 24.0 Å². The smallest absolute Gasteiger partial charge is 0.320 e. The second kappa shape index (κ2) is 9.16. The standard InChI is InChI=1S/C22H23N3O3/c23-14-15-25-20-9-5-4-8-17(20)11-13-18(21(25)26)24-19(22(27)28)12-10-16-6-2-1-3-7-16/h1-9,18-19,24H,10-13,15H2,(H,27,28). The van der Waals surface area contributed by atoms with Crippen LogP contribution in [-0.2, 0) is 22.4 Å². The molecule has 1 aliphatic heterocycles. The number of hydrogen-bond donors (Lipinski definition) is 2. The summed E-state index contributed by atoms with van der Waals surface area (Å²) in [6.07, 6.45) is 2.13. The SMILES string of the molecule is N#CCN1C(=O)C(NC(CCc2ccccc2)C(=O)O)CCc2ccccc21. The number of carbonyl (C=O) groups excluding carboxylic acids is 1. The number of carbonyl (C=O) groups is 2. The Kier molecular flexibility index (Phi) is 6.41. The largest absolute Gasteiger partial charge is 0.480 e. The lowest BCUT2D eigenvalue weighted by Gasteiger charge is -2.26. The van der Waals surface area contributed by atoms with Gasteiger partial charge in [0, 0.05) is 5.69 Å². The highest BCUT2D eigenvalue weighted by atomic mass is 16.4. The minimum atomic E-state index is -0.975. The van der Waals surface area contributed by atoms with Crippen LogP contribution in [0, 0.1) is 11.3 Å². The Balaban J connectivity index is 1.75. The van der Waals surface area contributed by atoms with Crippen LogP contribution in [0.4, 0.5) is 5.69 Å². The summed E-state index contributed by atoms with van der Waals surface area (Å²) in [6, 6.07) is 17.8. The highest BCUT2D eigenvalue weighted by Gasteiger charge is 2.33. The molecule has 6 heteroatoms. The van der Waals surface area contributed by atoms with Gasteiger partial charge in [-0.1, -0.05) is 48.5 Å². The van der Waals surface area contributed by atoms with Gasteiger partial charge in [0.2, 0.25) is 5.91 Å². The topological polar surface area (TPSA) is 93.4 Å². The number of fused-ring (bicyclic) bond motifs is 1. The van der Waals surface area contributed by atoms with Gasteiger partial charge in [-0.2, -0.15) is 5.26 Å². The maximum atomic E-state index is 13.0. The number of aliphatic carboxylic acids is 1. The number of nitrogens with one attached hydrogen (secondary N) is 1. The summed E-state index contributed by atoms with van der Waals surface area (Å²) in [4.78, 5) is 26.3. The molecule has 1 aliphatic rings. The third-order valence-corrected chi connectivity index (χ3v) is 5.04. The molecule has 0 radical (unpaired) electrons. The third kappa shape index (κ3) is 4.56. The van der Waals surface area contributed by atoms with Crippen LogP contribution >= 0.6 is 0 Å². The molecule has 0 saturated carbocycles. The Labute approximate surface area is 164 Å². The molecule has 0 aliphatic carbocycles. The fraction of sp³-hybridized carbons (Fsp3) is 0.318. The van der Waals surface area contributed by atoms with Crippen molar-refractivity contribution in [1.29, 1.82) is 5.26 Å². The van der Waals surface area contributed by atoms with E-state index in [9.17, 15) is 14.7 Å². The van der Waals surface area contributed by atoms with Crippen LogP contribution in [0.15, 0.2) is 54.6 Å². The number of carboxylic acids is 1. The first-order valence-electron chi connectivity index (χ1n) is 9.39. The van der Waals surface area contributed by atoms with E-state index in [1.165, 1.54) is 4.90 Å². The van der Waals surface area contributed by atoms with E-state index in [0.717, 1.165) is 16.8 Å². The van der Waals surface area contributed by atoms with Gasteiger partial charge in [0.25, 0.3) is 0 Å². The van der Waals surface area contributed by atoms with Crippen molar-refractivity contribution in [3.63, 3.8) is 0 Å². The summed E-state index contributed by atoms with van der Waals surface area (Å²) in [5.74, 6) is -1.23. The zero-order valence-electron chi connectivity index (χ0n) is 15.5. The summed E-state index contributed by atoms with van der Waals surface area (Å²) in [5.41, 5.74) is 2.78. The normalized spacial score (nSPS) is 17.3. The van der Waals surface area contributed by atoms with Crippen molar-refractivity contribution in [3.05, 3.63) is 65.7 Å². The van der Waals surface area contributed by atoms with E-state index in [4.69, 9.17) is 5.26 Å². The van der Waals surface area contributed by atoms with E-state index in [2.05, 4.69) is 5.32 Å². The quantitative estimate of drug-likeness (QED) is 0.723. The lowest BCUT2D eigenvalue weighted by atomic mass is 10.0. The zero-order valence-corrected chi connectivity index (χ0v) is 15.5. The van der Waals surface area contributed by atoms with E-state index >= 15 is 0 Å². The first kappa shape index (κ1) is 19.6. The van der Waals surface area contributed by atoms with Crippen molar-refractivity contribution in [2.45, 2.75) is 37.8 Å². The van der Waals surface area contributed by atoms with Crippen molar-refractivity contribution in [2.75, 3.05) is 11.4 Å². The van der Waals surface area contributed by atoms with Crippen molar-refractivity contribution >= 4 is 17.6 Å². The van der Waals surface area contributed by atoms with Gasteiger partial charge in [0.1, 0.15) is 12.6 Å². The minimum Gasteiger partial charge on any atom is -0.480 e. The number of nitrogens with zero attached hydrogens (tertiary/aromatic N) is 2. The summed E-state index contributed by atoms with van der Waals surface area (Å²) in [5, 5.41) is 21.8. The van der Waals surface area contributed by atoms with E-state index in [0.29, 0.717) is 25.7 Å². The molecule has 3 rings (SSSR count). The van der Waals surface area contributed by atoms with Crippen LogP contribution in [0.25, 0.3) is 0 Å². The van der Waals surface area contributed by atoms with E-state index in [1.54, 1.807) is 0 Å². The Bertz CT molecular complexity index is 876. The Morgan fingerprint density at radius 1 is 1.21 bits per heavy atom. The number of amides is 1. The molecule has 2 N–H and O–H groups in total. The molecule has 6 nitrogen and oxygen atoms in total. The highest BCUT2D eigenvalue weighted by Crippen LogP contribution is 2.27. The number of carboxylic acid groups (broad SMARTS) is 1. The average Bonchev–Trinajstić information content (AvgIpc) is 2.84. The average molecular weight is 377 g/mol. The molecule has 1 amide bonds. The van der Waals surface area contributed by atoms with Gasteiger partial charge in [-0.05, 0) is 42.9 Å². The van der Waals surface area contributed by atoms with Crippen molar-refractivity contribution in [3.8, 4) is 6.07 Å². The van der Waals surface area contributed by atoms with Gasteiger partial charge in [0.05, 0.1) is 12.1 Å². The molecule has 0 spiro atoms. The molecule has 0 saturated heterocycles. The molecule has 2 aromatic carbocycles. The molecule has 2 aromatic rings. The fourth-order valence-electron chi connectivity index (χ4n) is 3.58. The predicted octanol–water partition coefficient (Wildman–Crippen LogP) is 2.53. The maximum Gasteiger partial charge on any atom is 0.320 e. The lowest BCUT2D eigenvalue weighted by Crippen LogP contribution is -2.52. The van der Waals surface area contributed by atoms with Crippen molar-refractivity contribution < 1.29 is 14.7 Å². The van der Waals surface area contributed by atoms with Gasteiger partial charge < -0.3 is 5.11 Å².